The molecule has 5 nitrogen and oxygen atoms in total. The first-order chi connectivity index (χ1) is 14.0. The molecule has 0 spiro atoms. The lowest BCUT2D eigenvalue weighted by Crippen LogP contribution is -2.47. The van der Waals surface area contributed by atoms with Crippen molar-refractivity contribution in [1.82, 2.24) is 9.88 Å². The highest BCUT2D eigenvalue weighted by Crippen LogP contribution is 2.30. The van der Waals surface area contributed by atoms with Gasteiger partial charge in [0.2, 0.25) is 5.91 Å². The van der Waals surface area contributed by atoms with Gasteiger partial charge in [-0.1, -0.05) is 30.3 Å². The van der Waals surface area contributed by atoms with Gasteiger partial charge in [-0.05, 0) is 48.7 Å². The number of aryl methyl sites for hydroxylation is 1. The first-order valence-electron chi connectivity index (χ1n) is 10.2. The predicted octanol–water partition coefficient (Wildman–Crippen LogP) is 4.77. The number of pyridine rings is 1. The number of nitrogens with two attached hydrogens (primary N) is 1. The summed E-state index contributed by atoms with van der Waals surface area (Å²) in [6.07, 6.45) is 3.62. The summed E-state index contributed by atoms with van der Waals surface area (Å²) in [5.74, 6) is 0.885. The van der Waals surface area contributed by atoms with Gasteiger partial charge in [0.15, 0.2) is 0 Å². The largest absolute Gasteiger partial charge is 0.490 e. The molecule has 3 aromatic rings. The molecule has 1 amide bonds. The van der Waals surface area contributed by atoms with Crippen LogP contribution in [0.15, 0.2) is 54.7 Å². The second kappa shape index (κ2) is 10.8. The highest BCUT2D eigenvalue weighted by atomic mass is 35.5. The molecular weight excluding hydrogens is 433 g/mol. The smallest absolute Gasteiger partial charge is 0.239 e. The summed E-state index contributed by atoms with van der Waals surface area (Å²) in [6.45, 7) is 5.25. The molecule has 0 saturated carbocycles. The lowest BCUT2D eigenvalue weighted by molar-refractivity contribution is -0.133. The number of carbonyl (C=O) groups is 1. The van der Waals surface area contributed by atoms with Gasteiger partial charge in [-0.3, -0.25) is 9.78 Å². The molecule has 2 aromatic carbocycles. The molecule has 1 aliphatic rings. The average Bonchev–Trinajstić information content (AvgIpc) is 2.75. The van der Waals surface area contributed by atoms with Crippen molar-refractivity contribution in [3.05, 3.63) is 60.3 Å². The molecule has 0 bridgehead atoms. The van der Waals surface area contributed by atoms with Gasteiger partial charge in [0.1, 0.15) is 11.9 Å². The Bertz CT molecular complexity index is 1020. The molecule has 7 heteroatoms. The number of ether oxygens (including phenoxy) is 1. The zero-order valence-corrected chi connectivity index (χ0v) is 19.4. The summed E-state index contributed by atoms with van der Waals surface area (Å²) in [5.41, 5.74) is 10.3. The molecule has 4 rings (SSSR count). The van der Waals surface area contributed by atoms with Crippen LogP contribution >= 0.6 is 24.8 Å². The quantitative estimate of drug-likeness (QED) is 0.607. The molecular formula is C24H29Cl2N3O2. The van der Waals surface area contributed by atoms with Gasteiger partial charge in [0.25, 0.3) is 0 Å². The molecule has 1 fully saturated rings. The topological polar surface area (TPSA) is 68.5 Å². The van der Waals surface area contributed by atoms with Crippen molar-refractivity contribution in [1.29, 1.82) is 0 Å². The minimum Gasteiger partial charge on any atom is -0.490 e. The normalized spacial score (nSPS) is 15.0. The molecule has 166 valence electrons. The van der Waals surface area contributed by atoms with Crippen LogP contribution in [0, 0.1) is 6.92 Å². The van der Waals surface area contributed by atoms with E-state index >= 15 is 0 Å². The van der Waals surface area contributed by atoms with Crippen molar-refractivity contribution in [2.45, 2.75) is 38.8 Å². The second-order valence-corrected chi connectivity index (χ2v) is 7.77. The van der Waals surface area contributed by atoms with Crippen molar-refractivity contribution in [2.75, 3.05) is 13.1 Å². The molecule has 1 aliphatic heterocycles. The maximum absolute atomic E-state index is 12.0. The number of rotatable bonds is 4. The molecule has 1 atom stereocenters. The van der Waals surface area contributed by atoms with E-state index in [4.69, 9.17) is 10.5 Å². The Morgan fingerprint density at radius 1 is 1.10 bits per heavy atom. The summed E-state index contributed by atoms with van der Waals surface area (Å²) in [7, 11) is 0. The van der Waals surface area contributed by atoms with Gasteiger partial charge in [-0.15, -0.1) is 24.8 Å². The zero-order valence-electron chi connectivity index (χ0n) is 17.8. The van der Waals surface area contributed by atoms with Crippen LogP contribution in [-0.4, -0.2) is 41.0 Å². The van der Waals surface area contributed by atoms with E-state index in [1.165, 1.54) is 11.1 Å². The summed E-state index contributed by atoms with van der Waals surface area (Å²) < 4.78 is 6.15. The number of amides is 1. The number of carbonyl (C=O) groups excluding carboxylic acids is 1. The SMILES string of the molecule is Cc1c(-c2ccc(OC3CCN(C(=O)[C@@H](C)N)CC3)cc2)ccc2cccnc12.Cl.Cl. The van der Waals surface area contributed by atoms with Crippen molar-refractivity contribution in [2.24, 2.45) is 5.73 Å². The Morgan fingerprint density at radius 2 is 1.77 bits per heavy atom. The molecule has 0 aliphatic carbocycles. The van der Waals surface area contributed by atoms with Gasteiger partial charge in [0.05, 0.1) is 11.6 Å². The van der Waals surface area contributed by atoms with E-state index < -0.39 is 6.04 Å². The lowest BCUT2D eigenvalue weighted by atomic mass is 9.98. The summed E-state index contributed by atoms with van der Waals surface area (Å²) >= 11 is 0. The Balaban J connectivity index is 0.00000171. The van der Waals surface area contributed by atoms with Crippen LogP contribution in [0.5, 0.6) is 5.75 Å². The minimum atomic E-state index is -0.436. The number of halogens is 2. The summed E-state index contributed by atoms with van der Waals surface area (Å²) in [6, 6.07) is 16.1. The third-order valence-corrected chi connectivity index (χ3v) is 5.64. The van der Waals surface area contributed by atoms with Crippen molar-refractivity contribution in [3.63, 3.8) is 0 Å². The standard InChI is InChI=1S/C24H27N3O2.2ClH/c1-16-22(10-7-19-4-3-13-26-23(16)19)18-5-8-20(9-6-18)29-21-11-14-27(15-12-21)24(28)17(2)25;;/h3-10,13,17,21H,11-12,14-15,25H2,1-2H3;2*1H/t17-;;/m1../s1. The van der Waals surface area contributed by atoms with Gasteiger partial charge >= 0.3 is 0 Å². The zero-order chi connectivity index (χ0) is 20.4. The van der Waals surface area contributed by atoms with Crippen molar-refractivity contribution in [3.8, 4) is 16.9 Å². The molecule has 0 unspecified atom stereocenters. The molecule has 31 heavy (non-hydrogen) atoms. The Morgan fingerprint density at radius 3 is 2.42 bits per heavy atom. The maximum atomic E-state index is 12.0. The number of aromatic nitrogens is 1. The van der Waals surface area contributed by atoms with Crippen LogP contribution in [0.25, 0.3) is 22.0 Å². The summed E-state index contributed by atoms with van der Waals surface area (Å²) in [5, 5.41) is 1.16. The van der Waals surface area contributed by atoms with Crippen LogP contribution in [0.3, 0.4) is 0 Å². The monoisotopic (exact) mass is 461 g/mol. The minimum absolute atomic E-state index is 0. The number of hydrogen-bond donors (Lipinski definition) is 1. The van der Waals surface area contributed by atoms with Crippen LogP contribution in [0.2, 0.25) is 0 Å². The van der Waals surface area contributed by atoms with Gasteiger partial charge in [-0.25, -0.2) is 0 Å². The summed E-state index contributed by atoms with van der Waals surface area (Å²) in [4.78, 5) is 18.4. The number of piperidine rings is 1. The van der Waals surface area contributed by atoms with Crippen LogP contribution in [0.1, 0.15) is 25.3 Å². The first-order valence-corrected chi connectivity index (χ1v) is 10.2. The number of nitrogens with zero attached hydrogens (tertiary/aromatic N) is 2. The number of fused-ring (bicyclic) bond motifs is 1. The van der Waals surface area contributed by atoms with Crippen LogP contribution in [0.4, 0.5) is 0 Å². The van der Waals surface area contributed by atoms with Crippen LogP contribution in [-0.2, 0) is 4.79 Å². The molecule has 2 N–H and O–H groups in total. The van der Waals surface area contributed by atoms with Crippen LogP contribution < -0.4 is 10.5 Å². The van der Waals surface area contributed by atoms with Gasteiger partial charge in [-0.2, -0.15) is 0 Å². The van der Waals surface area contributed by atoms with E-state index in [-0.39, 0.29) is 36.8 Å². The Kier molecular flexibility index (Phi) is 8.69. The van der Waals surface area contributed by atoms with Gasteiger partial charge in [0, 0.05) is 37.5 Å². The number of benzene rings is 2. The van der Waals surface area contributed by atoms with Crippen molar-refractivity contribution < 1.29 is 9.53 Å². The molecule has 1 saturated heterocycles. The average molecular weight is 462 g/mol. The third-order valence-electron chi connectivity index (χ3n) is 5.64. The molecule has 2 heterocycles. The van der Waals surface area contributed by atoms with Crippen molar-refractivity contribution >= 4 is 41.6 Å². The Labute approximate surface area is 195 Å². The fourth-order valence-electron chi connectivity index (χ4n) is 3.99. The first kappa shape index (κ1) is 24.9. The van der Waals surface area contributed by atoms with E-state index in [0.29, 0.717) is 13.1 Å². The van der Waals surface area contributed by atoms with E-state index in [1.54, 1.807) is 6.92 Å². The third kappa shape index (κ3) is 5.48. The highest BCUT2D eigenvalue weighted by Gasteiger charge is 2.25. The number of hydrogen-bond acceptors (Lipinski definition) is 4. The predicted molar refractivity (Wildman–Crippen MR) is 130 cm³/mol. The lowest BCUT2D eigenvalue weighted by Gasteiger charge is -2.33. The van der Waals surface area contributed by atoms with E-state index in [9.17, 15) is 4.79 Å². The van der Waals surface area contributed by atoms with E-state index in [0.717, 1.165) is 35.1 Å². The fourth-order valence-corrected chi connectivity index (χ4v) is 3.99. The molecule has 0 radical (unpaired) electrons. The van der Waals surface area contributed by atoms with Gasteiger partial charge < -0.3 is 15.4 Å². The van der Waals surface area contributed by atoms with E-state index in [2.05, 4.69) is 42.2 Å². The number of likely N-dealkylation sites (tertiary alicyclic amines) is 1. The van der Waals surface area contributed by atoms with E-state index in [1.807, 2.05) is 29.3 Å². The Hall–Kier alpha value is -2.34. The maximum Gasteiger partial charge on any atom is 0.239 e. The highest BCUT2D eigenvalue weighted by molar-refractivity contribution is 5.88. The molecule has 1 aromatic heterocycles. The second-order valence-electron chi connectivity index (χ2n) is 7.77. The fraction of sp³-hybridized carbons (Fsp3) is 0.333.